The molecule has 3 N–H and O–H groups in total. The molecular formula is C23H30FN3O4S. The highest BCUT2D eigenvalue weighted by Crippen LogP contribution is 2.60. The molecule has 2 amide bonds. The third-order valence-electron chi connectivity index (χ3n) is 8.64. The van der Waals surface area contributed by atoms with Gasteiger partial charge in [0, 0.05) is 18.5 Å². The summed E-state index contributed by atoms with van der Waals surface area (Å²) in [5.74, 6) is -0.241. The van der Waals surface area contributed by atoms with E-state index in [0.717, 1.165) is 29.6 Å². The minimum Gasteiger partial charge on any atom is -0.369 e. The number of primary amides is 1. The molecule has 0 aromatic heterocycles. The number of nitrogens with two attached hydrogens (primary N) is 1. The van der Waals surface area contributed by atoms with E-state index in [2.05, 4.69) is 5.32 Å². The van der Waals surface area contributed by atoms with Crippen LogP contribution in [0.25, 0.3) is 0 Å². The smallest absolute Gasteiger partial charge is 0.243 e. The van der Waals surface area contributed by atoms with E-state index in [0.29, 0.717) is 37.2 Å². The summed E-state index contributed by atoms with van der Waals surface area (Å²) < 4.78 is 41.5. The molecule has 5 saturated carbocycles. The average Bonchev–Trinajstić information content (AvgIpc) is 3.53. The van der Waals surface area contributed by atoms with E-state index >= 15 is 0 Å². The minimum atomic E-state index is -4.03. The Bertz CT molecular complexity index is 1080. The fraction of sp³-hybridized carbons (Fsp3) is 0.652. The number of nitrogens with zero attached hydrogens (tertiary/aromatic N) is 1. The number of nitrogens with one attached hydrogen (secondary N) is 1. The minimum absolute atomic E-state index is 0.0584. The molecule has 32 heavy (non-hydrogen) atoms. The molecule has 1 aromatic carbocycles. The van der Waals surface area contributed by atoms with E-state index in [9.17, 15) is 22.4 Å². The molecule has 1 aromatic rings. The van der Waals surface area contributed by atoms with Crippen LogP contribution in [-0.4, -0.2) is 43.2 Å². The Morgan fingerprint density at radius 1 is 1.16 bits per heavy atom. The van der Waals surface area contributed by atoms with Crippen molar-refractivity contribution < 1.29 is 22.4 Å². The SMILES string of the molecule is Cc1ccc(S(=O)(=O)N(C)C2(C(=O)NC3C4CC5CC3CC(C(N)=O)(C5)C4)CC2)cc1F. The number of hydrogen-bond donors (Lipinski definition) is 2. The molecule has 5 aliphatic rings. The highest BCUT2D eigenvalue weighted by atomic mass is 32.2. The number of likely N-dealkylation sites (N-methyl/N-ethyl adjacent to an activating group) is 1. The Balaban J connectivity index is 1.35. The van der Waals surface area contributed by atoms with Gasteiger partial charge in [0.1, 0.15) is 11.4 Å². The number of halogens is 1. The van der Waals surface area contributed by atoms with Gasteiger partial charge >= 0.3 is 0 Å². The molecule has 2 atom stereocenters. The highest BCUT2D eigenvalue weighted by Gasteiger charge is 2.61. The molecule has 0 aliphatic heterocycles. The van der Waals surface area contributed by atoms with Crippen molar-refractivity contribution in [2.75, 3.05) is 7.05 Å². The molecular weight excluding hydrogens is 433 g/mol. The van der Waals surface area contributed by atoms with Crippen LogP contribution in [0.2, 0.25) is 0 Å². The summed E-state index contributed by atoms with van der Waals surface area (Å²) in [7, 11) is -2.63. The number of sulfonamides is 1. The predicted molar refractivity (Wildman–Crippen MR) is 115 cm³/mol. The number of carbonyl (C=O) groups excluding carboxylic acids is 2. The maximum atomic E-state index is 14.0. The maximum absolute atomic E-state index is 14.0. The van der Waals surface area contributed by atoms with Crippen molar-refractivity contribution in [1.82, 2.24) is 9.62 Å². The zero-order valence-electron chi connectivity index (χ0n) is 18.4. The van der Waals surface area contributed by atoms with Crippen molar-refractivity contribution in [2.45, 2.75) is 68.3 Å². The first kappa shape index (κ1) is 21.8. The van der Waals surface area contributed by atoms with Crippen LogP contribution in [0.5, 0.6) is 0 Å². The normalized spacial score (nSPS) is 34.5. The lowest BCUT2D eigenvalue weighted by molar-refractivity contribution is -0.148. The molecule has 0 spiro atoms. The van der Waals surface area contributed by atoms with Gasteiger partial charge in [-0.2, -0.15) is 4.31 Å². The van der Waals surface area contributed by atoms with Crippen LogP contribution in [0.4, 0.5) is 4.39 Å². The topological polar surface area (TPSA) is 110 Å². The summed E-state index contributed by atoms with van der Waals surface area (Å²) in [4.78, 5) is 25.4. The third-order valence-corrected chi connectivity index (χ3v) is 10.6. The Morgan fingerprint density at radius 3 is 2.31 bits per heavy atom. The summed E-state index contributed by atoms with van der Waals surface area (Å²) in [6, 6.07) is 3.76. The first-order valence-electron chi connectivity index (χ1n) is 11.3. The number of hydrogen-bond acceptors (Lipinski definition) is 4. The van der Waals surface area contributed by atoms with E-state index in [4.69, 9.17) is 5.73 Å². The summed E-state index contributed by atoms with van der Waals surface area (Å²) in [6.07, 6.45) is 5.06. The molecule has 4 bridgehead atoms. The molecule has 5 fully saturated rings. The lowest BCUT2D eigenvalue weighted by Gasteiger charge is -2.59. The number of aryl methyl sites for hydroxylation is 1. The lowest BCUT2D eigenvalue weighted by atomic mass is 9.47. The van der Waals surface area contributed by atoms with Crippen LogP contribution in [0, 0.1) is 35.9 Å². The van der Waals surface area contributed by atoms with Crippen LogP contribution in [0.1, 0.15) is 50.5 Å². The van der Waals surface area contributed by atoms with Crippen LogP contribution < -0.4 is 11.1 Å². The summed E-state index contributed by atoms with van der Waals surface area (Å²) in [5, 5.41) is 3.17. The number of benzene rings is 1. The molecule has 5 aliphatic carbocycles. The standard InChI is InChI=1S/C23H30FN3O4S/c1-13-3-4-17(9-18(13)24)32(30,31)27(2)23(5-6-23)21(29)26-19-15-7-14-8-16(19)12-22(10-14,11-15)20(25)28/h3-4,9,14-16,19H,5-8,10-12H2,1-2H3,(H2,25,28)(H,26,29). The van der Waals surface area contributed by atoms with Crippen LogP contribution in [0.15, 0.2) is 23.1 Å². The van der Waals surface area contributed by atoms with E-state index < -0.39 is 26.8 Å². The number of rotatable bonds is 6. The molecule has 0 radical (unpaired) electrons. The highest BCUT2D eigenvalue weighted by molar-refractivity contribution is 7.89. The second-order valence-electron chi connectivity index (χ2n) is 10.5. The summed E-state index contributed by atoms with van der Waals surface area (Å²) in [6.45, 7) is 1.57. The van der Waals surface area contributed by atoms with Gasteiger partial charge in [0.15, 0.2) is 0 Å². The van der Waals surface area contributed by atoms with Crippen molar-refractivity contribution in [1.29, 1.82) is 0 Å². The van der Waals surface area contributed by atoms with E-state index in [1.807, 2.05) is 0 Å². The Kier molecular flexibility index (Phi) is 4.77. The van der Waals surface area contributed by atoms with E-state index in [1.54, 1.807) is 6.92 Å². The van der Waals surface area contributed by atoms with E-state index in [-0.39, 0.29) is 34.6 Å². The maximum Gasteiger partial charge on any atom is 0.243 e. The zero-order chi connectivity index (χ0) is 23.1. The Hall–Kier alpha value is -2.00. The predicted octanol–water partition coefficient (Wildman–Crippen LogP) is 2.08. The molecule has 7 nitrogen and oxygen atoms in total. The van der Waals surface area contributed by atoms with Gasteiger partial charge in [-0.25, -0.2) is 12.8 Å². The lowest BCUT2D eigenvalue weighted by Crippen LogP contribution is -2.64. The fourth-order valence-corrected chi connectivity index (χ4v) is 8.31. The van der Waals surface area contributed by atoms with Crippen molar-refractivity contribution in [3.63, 3.8) is 0 Å². The Morgan fingerprint density at radius 2 is 1.78 bits per heavy atom. The summed E-state index contributed by atoms with van der Waals surface area (Å²) >= 11 is 0. The van der Waals surface area contributed by atoms with Crippen molar-refractivity contribution in [3.8, 4) is 0 Å². The van der Waals surface area contributed by atoms with Gasteiger partial charge < -0.3 is 11.1 Å². The number of amides is 2. The van der Waals surface area contributed by atoms with Gasteiger partial charge in [0.2, 0.25) is 21.8 Å². The molecule has 6 rings (SSSR count). The Labute approximate surface area is 188 Å². The van der Waals surface area contributed by atoms with Crippen molar-refractivity contribution in [2.24, 2.45) is 28.9 Å². The monoisotopic (exact) mass is 463 g/mol. The van der Waals surface area contributed by atoms with Crippen LogP contribution in [-0.2, 0) is 19.6 Å². The molecule has 0 heterocycles. The van der Waals surface area contributed by atoms with E-state index in [1.165, 1.54) is 19.2 Å². The van der Waals surface area contributed by atoms with Gasteiger partial charge in [-0.3, -0.25) is 9.59 Å². The van der Waals surface area contributed by atoms with Gasteiger partial charge in [0.05, 0.1) is 4.90 Å². The van der Waals surface area contributed by atoms with Crippen LogP contribution in [0.3, 0.4) is 0 Å². The van der Waals surface area contributed by atoms with Gasteiger partial charge in [-0.1, -0.05) is 6.07 Å². The second-order valence-corrected chi connectivity index (χ2v) is 12.5. The molecule has 0 saturated heterocycles. The first-order valence-corrected chi connectivity index (χ1v) is 12.8. The largest absolute Gasteiger partial charge is 0.369 e. The molecule has 9 heteroatoms. The van der Waals surface area contributed by atoms with Gasteiger partial charge in [0.25, 0.3) is 0 Å². The van der Waals surface area contributed by atoms with Crippen molar-refractivity contribution in [3.05, 3.63) is 29.6 Å². The van der Waals surface area contributed by atoms with Crippen molar-refractivity contribution >= 4 is 21.8 Å². The second kappa shape index (κ2) is 7.00. The van der Waals surface area contributed by atoms with Gasteiger partial charge in [-0.05, 0) is 87.3 Å². The summed E-state index contributed by atoms with van der Waals surface area (Å²) in [5.41, 5.74) is 4.53. The van der Waals surface area contributed by atoms with Crippen LogP contribution >= 0.6 is 0 Å². The molecule has 2 unspecified atom stereocenters. The van der Waals surface area contributed by atoms with Gasteiger partial charge in [-0.15, -0.1) is 0 Å². The number of carbonyl (C=O) groups is 2. The molecule has 174 valence electrons. The zero-order valence-corrected chi connectivity index (χ0v) is 19.3. The quantitative estimate of drug-likeness (QED) is 0.673. The third kappa shape index (κ3) is 3.11. The average molecular weight is 464 g/mol. The fourth-order valence-electron chi connectivity index (χ4n) is 6.77. The first-order chi connectivity index (χ1) is 15.0.